The van der Waals surface area contributed by atoms with E-state index in [0.29, 0.717) is 38.9 Å². The van der Waals surface area contributed by atoms with Gasteiger partial charge in [-0.15, -0.1) is 0 Å². The Balaban J connectivity index is 1.82. The molecule has 3 amide bonds. The first-order valence-corrected chi connectivity index (χ1v) is 10.7. The topological polar surface area (TPSA) is 105 Å². The van der Waals surface area contributed by atoms with Crippen LogP contribution in [-0.4, -0.2) is 30.1 Å². The van der Waals surface area contributed by atoms with Crippen molar-refractivity contribution < 1.29 is 18.7 Å². The summed E-state index contributed by atoms with van der Waals surface area (Å²) < 4.78 is 11.4. The zero-order chi connectivity index (χ0) is 23.7. The van der Waals surface area contributed by atoms with Crippen molar-refractivity contribution in [2.45, 2.75) is 19.9 Å². The Morgan fingerprint density at radius 3 is 2.45 bits per heavy atom. The van der Waals surface area contributed by atoms with Crippen LogP contribution in [0, 0.1) is 0 Å². The lowest BCUT2D eigenvalue weighted by atomic mass is 10.0. The van der Waals surface area contributed by atoms with E-state index in [1.165, 1.54) is 19.5 Å². The van der Waals surface area contributed by atoms with Gasteiger partial charge in [-0.3, -0.25) is 9.78 Å². The minimum Gasteiger partial charge on any atom is -0.493 e. The van der Waals surface area contributed by atoms with E-state index in [2.05, 4.69) is 20.9 Å². The van der Waals surface area contributed by atoms with E-state index in [4.69, 9.17) is 32.4 Å². The van der Waals surface area contributed by atoms with Crippen molar-refractivity contribution in [2.75, 3.05) is 17.7 Å². The van der Waals surface area contributed by atoms with Crippen molar-refractivity contribution in [2.24, 2.45) is 0 Å². The minimum atomic E-state index is -0.448. The first kappa shape index (κ1) is 22.7. The molecule has 4 rings (SSSR count). The highest BCUT2D eigenvalue weighted by Gasteiger charge is 2.21. The van der Waals surface area contributed by atoms with Gasteiger partial charge >= 0.3 is 6.03 Å². The number of methoxy groups -OCH3 is 1. The van der Waals surface area contributed by atoms with Gasteiger partial charge in [-0.25, -0.2) is 4.79 Å². The fourth-order valence-electron chi connectivity index (χ4n) is 3.43. The zero-order valence-corrected chi connectivity index (χ0v) is 19.5. The zero-order valence-electron chi connectivity index (χ0n) is 18.0. The molecule has 0 atom stereocenters. The maximum atomic E-state index is 13.2. The number of hydrogen-bond donors (Lipinski definition) is 3. The Morgan fingerprint density at radius 1 is 1.06 bits per heavy atom. The maximum Gasteiger partial charge on any atom is 0.319 e. The Kier molecular flexibility index (Phi) is 6.31. The van der Waals surface area contributed by atoms with E-state index in [1.807, 2.05) is 13.8 Å². The average molecular weight is 487 g/mol. The van der Waals surface area contributed by atoms with Crippen LogP contribution >= 0.6 is 23.2 Å². The van der Waals surface area contributed by atoms with Crippen molar-refractivity contribution in [3.05, 3.63) is 58.3 Å². The van der Waals surface area contributed by atoms with Crippen molar-refractivity contribution in [1.29, 1.82) is 0 Å². The van der Waals surface area contributed by atoms with Crippen molar-refractivity contribution >= 4 is 68.5 Å². The van der Waals surface area contributed by atoms with Gasteiger partial charge in [0.1, 0.15) is 5.58 Å². The number of carbonyl (C=O) groups excluding carboxylic acids is 2. The number of urea groups is 1. The largest absolute Gasteiger partial charge is 0.493 e. The van der Waals surface area contributed by atoms with Crippen LogP contribution in [0.15, 0.2) is 47.1 Å². The van der Waals surface area contributed by atoms with E-state index in [0.717, 1.165) is 0 Å². The number of furan rings is 1. The number of nitrogens with zero attached hydrogens (tertiary/aromatic N) is 1. The number of hydrogen-bond acceptors (Lipinski definition) is 5. The second kappa shape index (κ2) is 9.17. The molecule has 0 radical (unpaired) electrons. The van der Waals surface area contributed by atoms with E-state index < -0.39 is 5.91 Å². The Morgan fingerprint density at radius 2 is 1.79 bits per heavy atom. The third-order valence-electron chi connectivity index (χ3n) is 4.82. The number of aromatic nitrogens is 1. The lowest BCUT2D eigenvalue weighted by Crippen LogP contribution is -2.34. The molecule has 0 saturated heterocycles. The fourth-order valence-corrected chi connectivity index (χ4v) is 3.88. The average Bonchev–Trinajstić information content (AvgIpc) is 3.14. The first-order chi connectivity index (χ1) is 15.8. The second-order valence-corrected chi connectivity index (χ2v) is 8.33. The van der Waals surface area contributed by atoms with Crippen molar-refractivity contribution in [3.63, 3.8) is 0 Å². The predicted octanol–water partition coefficient (Wildman–Crippen LogP) is 6.08. The van der Waals surface area contributed by atoms with Gasteiger partial charge in [0, 0.05) is 34.9 Å². The van der Waals surface area contributed by atoms with Gasteiger partial charge in [0.2, 0.25) is 0 Å². The van der Waals surface area contributed by atoms with Crippen LogP contribution in [0.2, 0.25) is 10.0 Å². The van der Waals surface area contributed by atoms with Gasteiger partial charge < -0.3 is 25.1 Å². The first-order valence-electron chi connectivity index (χ1n) is 9.99. The summed E-state index contributed by atoms with van der Waals surface area (Å²) in [6.07, 6.45) is 2.78. The fraction of sp³-hybridized carbons (Fsp3) is 0.174. The molecule has 0 saturated carbocycles. The summed E-state index contributed by atoms with van der Waals surface area (Å²) in [5.74, 6) is 0.0149. The molecule has 170 valence electrons. The molecule has 4 aromatic rings. The normalized spacial score (nSPS) is 11.1. The van der Waals surface area contributed by atoms with Crippen LogP contribution in [0.3, 0.4) is 0 Å². The summed E-state index contributed by atoms with van der Waals surface area (Å²) >= 11 is 12.3. The lowest BCUT2D eigenvalue weighted by Gasteiger charge is -2.11. The van der Waals surface area contributed by atoms with Crippen molar-refractivity contribution in [1.82, 2.24) is 10.3 Å². The summed E-state index contributed by atoms with van der Waals surface area (Å²) in [6.45, 7) is 3.73. The number of ether oxygens (including phenoxy) is 1. The van der Waals surface area contributed by atoms with Crippen LogP contribution in [0.25, 0.3) is 21.9 Å². The van der Waals surface area contributed by atoms with E-state index in [-0.39, 0.29) is 27.8 Å². The molecule has 3 N–H and O–H groups in total. The monoisotopic (exact) mass is 486 g/mol. The SMILES string of the molecule is COc1ccc(C(=O)Nc2c(Cl)cncc2Cl)c2c1oc1ccc(NC(=O)NC(C)C)cc12. The quantitative estimate of drug-likeness (QED) is 0.317. The molecule has 2 aromatic carbocycles. The third kappa shape index (κ3) is 4.53. The van der Waals surface area contributed by atoms with Crippen LogP contribution < -0.4 is 20.7 Å². The molecular formula is C23H20Cl2N4O4. The van der Waals surface area contributed by atoms with Gasteiger partial charge in [-0.2, -0.15) is 0 Å². The Labute approximate surface area is 199 Å². The summed E-state index contributed by atoms with van der Waals surface area (Å²) in [7, 11) is 1.52. The number of rotatable bonds is 5. The lowest BCUT2D eigenvalue weighted by molar-refractivity contribution is 0.102. The minimum absolute atomic E-state index is 0.0186. The second-order valence-electron chi connectivity index (χ2n) is 7.52. The molecule has 8 nitrogen and oxygen atoms in total. The Bertz CT molecular complexity index is 1360. The molecule has 0 fully saturated rings. The van der Waals surface area contributed by atoms with E-state index in [1.54, 1.807) is 30.3 Å². The number of anilines is 2. The van der Waals surface area contributed by atoms with Gasteiger partial charge in [0.15, 0.2) is 11.3 Å². The molecule has 0 aliphatic rings. The molecule has 33 heavy (non-hydrogen) atoms. The summed E-state index contributed by atoms with van der Waals surface area (Å²) in [5.41, 5.74) is 2.03. The maximum absolute atomic E-state index is 13.2. The molecule has 0 spiro atoms. The third-order valence-corrected chi connectivity index (χ3v) is 5.39. The van der Waals surface area contributed by atoms with Gasteiger partial charge in [0.05, 0.1) is 28.4 Å². The van der Waals surface area contributed by atoms with Crippen LogP contribution in [-0.2, 0) is 0 Å². The van der Waals surface area contributed by atoms with Gasteiger partial charge in [-0.1, -0.05) is 23.2 Å². The predicted molar refractivity (Wildman–Crippen MR) is 130 cm³/mol. The Hall–Kier alpha value is -3.49. The summed E-state index contributed by atoms with van der Waals surface area (Å²) in [6, 6.07) is 8.09. The molecule has 0 bridgehead atoms. The molecule has 0 aliphatic carbocycles. The number of pyridine rings is 1. The number of benzene rings is 2. The van der Waals surface area contributed by atoms with Crippen molar-refractivity contribution in [3.8, 4) is 5.75 Å². The molecule has 10 heteroatoms. The van der Waals surface area contributed by atoms with Crippen LogP contribution in [0.1, 0.15) is 24.2 Å². The van der Waals surface area contributed by atoms with Crippen LogP contribution in [0.4, 0.5) is 16.2 Å². The highest BCUT2D eigenvalue weighted by molar-refractivity contribution is 6.40. The van der Waals surface area contributed by atoms with Gasteiger partial charge in [0.25, 0.3) is 5.91 Å². The summed E-state index contributed by atoms with van der Waals surface area (Å²) in [4.78, 5) is 29.3. The van der Waals surface area contributed by atoms with E-state index in [9.17, 15) is 9.59 Å². The number of nitrogens with one attached hydrogen (secondary N) is 3. The highest BCUT2D eigenvalue weighted by Crippen LogP contribution is 2.39. The number of halogens is 2. The highest BCUT2D eigenvalue weighted by atomic mass is 35.5. The number of fused-ring (bicyclic) bond motifs is 3. The molecule has 0 aliphatic heterocycles. The molecule has 2 heterocycles. The standard InChI is InChI=1S/C23H20Cl2N4O4/c1-11(2)27-23(31)28-12-4-6-17-14(8-12)19-13(5-7-18(32-3)21(19)33-17)22(30)29-20-15(24)9-26-10-16(20)25/h4-11H,1-3H3,(H,26,29,30)(H2,27,28,31). The molecule has 0 unspecified atom stereocenters. The van der Waals surface area contributed by atoms with E-state index >= 15 is 0 Å². The molecule has 2 aromatic heterocycles. The number of carbonyl (C=O) groups is 2. The summed E-state index contributed by atoms with van der Waals surface area (Å²) in [5, 5.41) is 9.87. The van der Waals surface area contributed by atoms with Gasteiger partial charge in [-0.05, 0) is 44.2 Å². The smallest absolute Gasteiger partial charge is 0.319 e. The number of amides is 3. The molecular weight excluding hydrogens is 467 g/mol. The van der Waals surface area contributed by atoms with Crippen LogP contribution in [0.5, 0.6) is 5.75 Å².